The predicted octanol–water partition coefficient (Wildman–Crippen LogP) is 1.51. The SMILES string of the molecule is COc1cccc(CNCCC(N)C(=O)N2CCCCC2)c1. The Morgan fingerprint density at radius 1 is 1.36 bits per heavy atom. The van der Waals surface area contributed by atoms with Crippen LogP contribution in [0, 0.1) is 0 Å². The maximum absolute atomic E-state index is 12.2. The maximum atomic E-state index is 12.2. The van der Waals surface area contributed by atoms with Crippen LogP contribution in [-0.2, 0) is 11.3 Å². The minimum atomic E-state index is -0.393. The average Bonchev–Trinajstić information content (AvgIpc) is 2.58. The highest BCUT2D eigenvalue weighted by Gasteiger charge is 2.21. The monoisotopic (exact) mass is 305 g/mol. The van der Waals surface area contributed by atoms with E-state index in [1.165, 1.54) is 6.42 Å². The first-order chi connectivity index (χ1) is 10.7. The second-order valence-corrected chi connectivity index (χ2v) is 5.81. The lowest BCUT2D eigenvalue weighted by Crippen LogP contribution is -2.46. The standard InChI is InChI=1S/C17H27N3O2/c1-22-15-7-5-6-14(12-15)13-19-9-8-16(18)17(21)20-10-3-2-4-11-20/h5-7,12,16,19H,2-4,8-11,13,18H2,1H3. The van der Waals surface area contributed by atoms with Crippen LogP contribution < -0.4 is 15.8 Å². The summed E-state index contributed by atoms with van der Waals surface area (Å²) < 4.78 is 5.20. The Labute approximate surface area is 132 Å². The van der Waals surface area contributed by atoms with Gasteiger partial charge in [0, 0.05) is 19.6 Å². The van der Waals surface area contributed by atoms with Crippen LogP contribution >= 0.6 is 0 Å². The Balaban J connectivity index is 1.67. The van der Waals surface area contributed by atoms with Gasteiger partial charge >= 0.3 is 0 Å². The Morgan fingerprint density at radius 2 is 2.14 bits per heavy atom. The molecule has 22 heavy (non-hydrogen) atoms. The van der Waals surface area contributed by atoms with Gasteiger partial charge in [-0.2, -0.15) is 0 Å². The van der Waals surface area contributed by atoms with Crippen molar-refractivity contribution in [1.82, 2.24) is 10.2 Å². The number of carbonyl (C=O) groups excluding carboxylic acids is 1. The van der Waals surface area contributed by atoms with Crippen LogP contribution in [0.4, 0.5) is 0 Å². The van der Waals surface area contributed by atoms with Gasteiger partial charge in [-0.15, -0.1) is 0 Å². The number of hydrogen-bond acceptors (Lipinski definition) is 4. The van der Waals surface area contributed by atoms with Crippen molar-refractivity contribution in [1.29, 1.82) is 0 Å². The molecule has 5 heteroatoms. The lowest BCUT2D eigenvalue weighted by atomic mass is 10.1. The molecule has 0 aliphatic carbocycles. The summed E-state index contributed by atoms with van der Waals surface area (Å²) in [4.78, 5) is 14.1. The van der Waals surface area contributed by atoms with Gasteiger partial charge in [0.25, 0.3) is 0 Å². The van der Waals surface area contributed by atoms with E-state index in [1.54, 1.807) is 7.11 Å². The second-order valence-electron chi connectivity index (χ2n) is 5.81. The molecule has 1 heterocycles. The second kappa shape index (κ2) is 8.76. The zero-order chi connectivity index (χ0) is 15.8. The molecule has 1 aliphatic rings. The zero-order valence-electron chi connectivity index (χ0n) is 13.4. The van der Waals surface area contributed by atoms with Gasteiger partial charge in [0.2, 0.25) is 5.91 Å². The van der Waals surface area contributed by atoms with Crippen LogP contribution in [0.25, 0.3) is 0 Å². The third kappa shape index (κ3) is 5.00. The van der Waals surface area contributed by atoms with Crippen LogP contribution in [0.3, 0.4) is 0 Å². The van der Waals surface area contributed by atoms with Gasteiger partial charge in [0.05, 0.1) is 13.2 Å². The fraction of sp³-hybridized carbons (Fsp3) is 0.588. The molecule has 0 aromatic heterocycles. The minimum Gasteiger partial charge on any atom is -0.497 e. The fourth-order valence-corrected chi connectivity index (χ4v) is 2.74. The van der Waals surface area contributed by atoms with Crippen molar-refractivity contribution in [2.45, 2.75) is 38.3 Å². The van der Waals surface area contributed by atoms with Gasteiger partial charge in [0.1, 0.15) is 5.75 Å². The van der Waals surface area contributed by atoms with Gasteiger partial charge in [-0.05, 0) is 49.9 Å². The Kier molecular flexibility index (Phi) is 6.68. The number of piperidine rings is 1. The van der Waals surface area contributed by atoms with Crippen LogP contribution in [-0.4, -0.2) is 43.6 Å². The molecule has 1 amide bonds. The predicted molar refractivity (Wildman–Crippen MR) is 87.7 cm³/mol. The highest BCUT2D eigenvalue weighted by Crippen LogP contribution is 2.12. The number of carbonyl (C=O) groups is 1. The first-order valence-corrected chi connectivity index (χ1v) is 8.08. The van der Waals surface area contributed by atoms with E-state index >= 15 is 0 Å². The van der Waals surface area contributed by atoms with Crippen LogP contribution in [0.2, 0.25) is 0 Å². The Morgan fingerprint density at radius 3 is 2.86 bits per heavy atom. The van der Waals surface area contributed by atoms with Crippen molar-refractivity contribution in [3.05, 3.63) is 29.8 Å². The molecule has 1 saturated heterocycles. The van der Waals surface area contributed by atoms with E-state index in [0.29, 0.717) is 6.42 Å². The molecule has 3 N–H and O–H groups in total. The van der Waals surface area contributed by atoms with Crippen molar-refractivity contribution < 1.29 is 9.53 Å². The van der Waals surface area contributed by atoms with Gasteiger partial charge < -0.3 is 20.7 Å². The average molecular weight is 305 g/mol. The molecule has 1 unspecified atom stereocenters. The van der Waals surface area contributed by atoms with E-state index in [-0.39, 0.29) is 5.91 Å². The summed E-state index contributed by atoms with van der Waals surface area (Å²) in [5.74, 6) is 0.958. The molecule has 0 radical (unpaired) electrons. The molecule has 1 aliphatic heterocycles. The number of methoxy groups -OCH3 is 1. The normalized spacial score (nSPS) is 16.4. The Hall–Kier alpha value is -1.59. The van der Waals surface area contributed by atoms with Crippen molar-refractivity contribution in [2.75, 3.05) is 26.7 Å². The number of nitrogens with zero attached hydrogens (tertiary/aromatic N) is 1. The molecule has 0 bridgehead atoms. The van der Waals surface area contributed by atoms with Crippen molar-refractivity contribution in [2.24, 2.45) is 5.73 Å². The quantitative estimate of drug-likeness (QED) is 0.750. The number of ether oxygens (including phenoxy) is 1. The first kappa shape index (κ1) is 16.8. The number of hydrogen-bond donors (Lipinski definition) is 2. The van der Waals surface area contributed by atoms with E-state index in [4.69, 9.17) is 10.5 Å². The molecule has 0 spiro atoms. The summed E-state index contributed by atoms with van der Waals surface area (Å²) in [6, 6.07) is 7.56. The van der Waals surface area contributed by atoms with E-state index in [0.717, 1.165) is 50.3 Å². The zero-order valence-corrected chi connectivity index (χ0v) is 13.4. The van der Waals surface area contributed by atoms with Crippen LogP contribution in [0.1, 0.15) is 31.2 Å². The van der Waals surface area contributed by atoms with E-state index in [9.17, 15) is 4.79 Å². The molecule has 1 atom stereocenters. The van der Waals surface area contributed by atoms with Crippen molar-refractivity contribution >= 4 is 5.91 Å². The lowest BCUT2D eigenvalue weighted by Gasteiger charge is -2.29. The summed E-state index contributed by atoms with van der Waals surface area (Å²) >= 11 is 0. The summed E-state index contributed by atoms with van der Waals surface area (Å²) in [5, 5.41) is 3.34. The highest BCUT2D eigenvalue weighted by molar-refractivity contribution is 5.81. The van der Waals surface area contributed by atoms with Crippen molar-refractivity contribution in [3.8, 4) is 5.75 Å². The fourth-order valence-electron chi connectivity index (χ4n) is 2.74. The van der Waals surface area contributed by atoms with E-state index in [1.807, 2.05) is 29.2 Å². The number of nitrogens with one attached hydrogen (secondary N) is 1. The number of rotatable bonds is 7. The molecule has 2 rings (SSSR count). The van der Waals surface area contributed by atoms with Crippen LogP contribution in [0.15, 0.2) is 24.3 Å². The summed E-state index contributed by atoms with van der Waals surface area (Å²) in [5.41, 5.74) is 7.18. The Bertz CT molecular complexity index is 473. The molecular formula is C17H27N3O2. The summed E-state index contributed by atoms with van der Waals surface area (Å²) in [6.07, 6.45) is 4.10. The molecule has 5 nitrogen and oxygen atoms in total. The van der Waals surface area contributed by atoms with E-state index in [2.05, 4.69) is 5.32 Å². The number of benzene rings is 1. The topological polar surface area (TPSA) is 67.6 Å². The summed E-state index contributed by atoms with van der Waals surface area (Å²) in [7, 11) is 1.66. The number of likely N-dealkylation sites (tertiary alicyclic amines) is 1. The minimum absolute atomic E-state index is 0.0999. The number of amides is 1. The first-order valence-electron chi connectivity index (χ1n) is 8.08. The van der Waals surface area contributed by atoms with Gasteiger partial charge in [-0.3, -0.25) is 4.79 Å². The maximum Gasteiger partial charge on any atom is 0.239 e. The number of nitrogens with two attached hydrogens (primary N) is 1. The van der Waals surface area contributed by atoms with Gasteiger partial charge in [-0.25, -0.2) is 0 Å². The molecular weight excluding hydrogens is 278 g/mol. The van der Waals surface area contributed by atoms with Crippen molar-refractivity contribution in [3.63, 3.8) is 0 Å². The van der Waals surface area contributed by atoms with Gasteiger partial charge in [0.15, 0.2) is 0 Å². The highest BCUT2D eigenvalue weighted by atomic mass is 16.5. The van der Waals surface area contributed by atoms with Crippen LogP contribution in [0.5, 0.6) is 5.75 Å². The summed E-state index contributed by atoms with van der Waals surface area (Å²) in [6.45, 7) is 3.22. The third-order valence-corrected chi connectivity index (χ3v) is 4.08. The smallest absolute Gasteiger partial charge is 0.239 e. The van der Waals surface area contributed by atoms with E-state index < -0.39 is 6.04 Å². The molecule has 1 fully saturated rings. The molecule has 122 valence electrons. The van der Waals surface area contributed by atoms with Gasteiger partial charge in [-0.1, -0.05) is 12.1 Å². The third-order valence-electron chi connectivity index (χ3n) is 4.08. The molecule has 1 aromatic rings. The largest absolute Gasteiger partial charge is 0.497 e. The lowest BCUT2D eigenvalue weighted by molar-refractivity contribution is -0.133. The molecule has 0 saturated carbocycles. The molecule has 1 aromatic carbocycles.